The van der Waals surface area contributed by atoms with Gasteiger partial charge in [-0.1, -0.05) is 0 Å². The Bertz CT molecular complexity index is 478. The normalized spacial score (nSPS) is 17.2. The van der Waals surface area contributed by atoms with Crippen LogP contribution in [0.15, 0.2) is 29.3 Å². The van der Waals surface area contributed by atoms with Gasteiger partial charge in [0.1, 0.15) is 5.75 Å². The van der Waals surface area contributed by atoms with Crippen molar-refractivity contribution in [1.29, 1.82) is 0 Å². The quantitative estimate of drug-likeness (QED) is 0.346. The molecule has 1 fully saturated rings. The fraction of sp³-hybridized carbons (Fsp3) is 0.533. The van der Waals surface area contributed by atoms with Crippen molar-refractivity contribution in [2.45, 2.75) is 6.10 Å². The van der Waals surface area contributed by atoms with Crippen molar-refractivity contribution in [3.63, 3.8) is 0 Å². The van der Waals surface area contributed by atoms with Gasteiger partial charge in [0.05, 0.1) is 33.0 Å². The number of halogens is 1. The third-order valence-electron chi connectivity index (χ3n) is 3.41. The third kappa shape index (κ3) is 7.34. The number of nitrogens with two attached hydrogens (primary N) is 1. The number of rotatable bonds is 6. The number of nitrogens with zero attached hydrogens (tertiary/aromatic N) is 2. The van der Waals surface area contributed by atoms with Crippen molar-refractivity contribution >= 4 is 35.6 Å². The summed E-state index contributed by atoms with van der Waals surface area (Å²) in [4.78, 5) is 6.34. The number of guanidine groups is 1. The third-order valence-corrected chi connectivity index (χ3v) is 3.41. The lowest BCUT2D eigenvalue weighted by Gasteiger charge is -2.28. The van der Waals surface area contributed by atoms with Crippen LogP contribution >= 0.6 is 24.0 Å². The fourth-order valence-corrected chi connectivity index (χ4v) is 2.21. The predicted octanol–water partition coefficient (Wildman–Crippen LogP) is 0.733. The molecule has 1 aliphatic heterocycles. The lowest BCUT2D eigenvalue weighted by atomic mass is 10.3. The van der Waals surface area contributed by atoms with E-state index in [2.05, 4.69) is 15.2 Å². The molecule has 1 aliphatic rings. The smallest absolute Gasteiger partial charge is 0.193 e. The number of hydrogen-bond acceptors (Lipinski definition) is 5. The highest BCUT2D eigenvalue weighted by Gasteiger charge is 2.14. The molecule has 0 amide bonds. The number of nitrogens with one attached hydrogen (secondary N) is 1. The van der Waals surface area contributed by atoms with E-state index in [0.717, 1.165) is 37.7 Å². The summed E-state index contributed by atoms with van der Waals surface area (Å²) in [6.45, 7) is 3.99. The molecule has 0 aromatic heterocycles. The summed E-state index contributed by atoms with van der Waals surface area (Å²) in [5, 5.41) is 13.0. The van der Waals surface area contributed by atoms with E-state index in [0.29, 0.717) is 6.54 Å². The van der Waals surface area contributed by atoms with Crippen LogP contribution in [0.1, 0.15) is 0 Å². The number of aliphatic hydroxyl groups is 1. The monoisotopic (exact) mass is 436 g/mol. The van der Waals surface area contributed by atoms with Gasteiger partial charge in [0.25, 0.3) is 0 Å². The van der Waals surface area contributed by atoms with Crippen LogP contribution in [0.5, 0.6) is 5.75 Å². The number of anilines is 1. The molecule has 1 aromatic rings. The second-order valence-electron chi connectivity index (χ2n) is 5.15. The number of benzene rings is 1. The van der Waals surface area contributed by atoms with Crippen LogP contribution < -0.4 is 15.8 Å². The molecule has 0 spiro atoms. The van der Waals surface area contributed by atoms with E-state index in [4.69, 9.17) is 15.2 Å². The second kappa shape index (κ2) is 10.6. The highest BCUT2D eigenvalue weighted by atomic mass is 127. The highest BCUT2D eigenvalue weighted by molar-refractivity contribution is 14.0. The Hall–Kier alpha value is -1.10. The van der Waals surface area contributed by atoms with Gasteiger partial charge in [-0.2, -0.15) is 0 Å². The van der Waals surface area contributed by atoms with Crippen molar-refractivity contribution in [2.75, 3.05) is 51.8 Å². The van der Waals surface area contributed by atoms with E-state index >= 15 is 0 Å². The largest absolute Gasteiger partial charge is 0.497 e. The highest BCUT2D eigenvalue weighted by Crippen LogP contribution is 2.14. The molecule has 1 aromatic carbocycles. The number of methoxy groups -OCH3 is 1. The van der Waals surface area contributed by atoms with Crippen LogP contribution in [0.4, 0.5) is 5.69 Å². The van der Waals surface area contributed by atoms with Gasteiger partial charge in [0.15, 0.2) is 5.96 Å². The summed E-state index contributed by atoms with van der Waals surface area (Å²) in [5.74, 6) is 1.06. The zero-order valence-electron chi connectivity index (χ0n) is 13.3. The standard InChI is InChI=1S/C15H24N4O3.HI/c1-21-14-4-2-12(3-5-14)18-15(16)17-10-13(20)11-19-6-8-22-9-7-19;/h2-5,13,20H,6-11H2,1H3,(H3,16,17,18);1H. The van der Waals surface area contributed by atoms with Crippen LogP contribution in [0, 0.1) is 0 Å². The summed E-state index contributed by atoms with van der Waals surface area (Å²) in [6.07, 6.45) is -0.533. The molecule has 8 heteroatoms. The molecule has 23 heavy (non-hydrogen) atoms. The molecule has 2 rings (SSSR count). The van der Waals surface area contributed by atoms with Crippen molar-refractivity contribution in [2.24, 2.45) is 10.7 Å². The molecule has 4 N–H and O–H groups in total. The Balaban J connectivity index is 0.00000264. The summed E-state index contributed by atoms with van der Waals surface area (Å²) in [5.41, 5.74) is 6.64. The van der Waals surface area contributed by atoms with E-state index in [1.54, 1.807) is 7.11 Å². The van der Waals surface area contributed by atoms with Crippen molar-refractivity contribution in [1.82, 2.24) is 4.90 Å². The minimum atomic E-state index is -0.533. The minimum absolute atomic E-state index is 0. The Morgan fingerprint density at radius 2 is 2.04 bits per heavy atom. The first-order valence-corrected chi connectivity index (χ1v) is 7.36. The van der Waals surface area contributed by atoms with Gasteiger partial charge in [-0.3, -0.25) is 9.89 Å². The zero-order chi connectivity index (χ0) is 15.8. The Morgan fingerprint density at radius 1 is 1.39 bits per heavy atom. The topological polar surface area (TPSA) is 92.3 Å². The molecule has 0 saturated carbocycles. The lowest BCUT2D eigenvalue weighted by molar-refractivity contribution is 0.0165. The second-order valence-corrected chi connectivity index (χ2v) is 5.15. The SMILES string of the molecule is COc1ccc(NC(N)=NCC(O)CN2CCOCC2)cc1.I. The lowest BCUT2D eigenvalue weighted by Crippen LogP contribution is -2.42. The van der Waals surface area contributed by atoms with Gasteiger partial charge in [-0.15, -0.1) is 24.0 Å². The molecule has 130 valence electrons. The zero-order valence-corrected chi connectivity index (χ0v) is 15.6. The van der Waals surface area contributed by atoms with Crippen LogP contribution in [-0.2, 0) is 4.74 Å². The molecular formula is C15H25IN4O3. The van der Waals surface area contributed by atoms with Gasteiger partial charge < -0.3 is 25.6 Å². The Morgan fingerprint density at radius 3 is 2.65 bits per heavy atom. The molecule has 7 nitrogen and oxygen atoms in total. The first kappa shape index (κ1) is 19.9. The summed E-state index contributed by atoms with van der Waals surface area (Å²) in [7, 11) is 1.62. The average Bonchev–Trinajstić information content (AvgIpc) is 2.55. The van der Waals surface area contributed by atoms with Gasteiger partial charge in [0.2, 0.25) is 0 Å². The van der Waals surface area contributed by atoms with Gasteiger partial charge in [-0.25, -0.2) is 0 Å². The Kier molecular flexibility index (Phi) is 9.22. The molecule has 1 unspecified atom stereocenters. The van der Waals surface area contributed by atoms with Crippen LogP contribution in [0.2, 0.25) is 0 Å². The summed E-state index contributed by atoms with van der Waals surface area (Å²) in [6, 6.07) is 7.38. The number of β-amino-alcohol motifs (C(OH)–C–C–N with tert-alkyl or cyclic N) is 1. The minimum Gasteiger partial charge on any atom is -0.497 e. The maximum atomic E-state index is 10.00. The van der Waals surface area contributed by atoms with E-state index < -0.39 is 6.10 Å². The first-order chi connectivity index (χ1) is 10.7. The number of morpholine rings is 1. The molecule has 1 atom stereocenters. The average molecular weight is 436 g/mol. The maximum Gasteiger partial charge on any atom is 0.193 e. The van der Waals surface area contributed by atoms with Gasteiger partial charge in [0, 0.05) is 25.3 Å². The van der Waals surface area contributed by atoms with Gasteiger partial charge >= 0.3 is 0 Å². The van der Waals surface area contributed by atoms with E-state index in [1.165, 1.54) is 0 Å². The molecular weight excluding hydrogens is 411 g/mol. The predicted molar refractivity (Wildman–Crippen MR) is 102 cm³/mol. The van der Waals surface area contributed by atoms with E-state index in [1.807, 2.05) is 24.3 Å². The number of hydrogen-bond donors (Lipinski definition) is 3. The molecule has 0 aliphatic carbocycles. The van der Waals surface area contributed by atoms with E-state index in [-0.39, 0.29) is 36.5 Å². The number of aliphatic hydroxyl groups excluding tert-OH is 1. The molecule has 0 radical (unpaired) electrons. The fourth-order valence-electron chi connectivity index (χ4n) is 2.21. The van der Waals surface area contributed by atoms with Crippen LogP contribution in [0.3, 0.4) is 0 Å². The van der Waals surface area contributed by atoms with Crippen molar-refractivity contribution in [3.05, 3.63) is 24.3 Å². The van der Waals surface area contributed by atoms with Crippen molar-refractivity contribution < 1.29 is 14.6 Å². The van der Waals surface area contributed by atoms with Crippen LogP contribution in [0.25, 0.3) is 0 Å². The van der Waals surface area contributed by atoms with Crippen LogP contribution in [-0.4, -0.2) is 68.6 Å². The van der Waals surface area contributed by atoms with E-state index in [9.17, 15) is 5.11 Å². The summed E-state index contributed by atoms with van der Waals surface area (Å²) >= 11 is 0. The van der Waals surface area contributed by atoms with Crippen molar-refractivity contribution in [3.8, 4) is 5.75 Å². The number of aliphatic imine (C=N–C) groups is 1. The molecule has 0 bridgehead atoms. The number of ether oxygens (including phenoxy) is 2. The maximum absolute atomic E-state index is 10.00. The first-order valence-electron chi connectivity index (χ1n) is 7.36. The molecule has 1 saturated heterocycles. The molecule has 1 heterocycles. The van der Waals surface area contributed by atoms with Gasteiger partial charge in [-0.05, 0) is 24.3 Å². The summed E-state index contributed by atoms with van der Waals surface area (Å²) < 4.78 is 10.4. The Labute approximate surface area is 153 Å².